The van der Waals surface area contributed by atoms with E-state index < -0.39 is 0 Å². The summed E-state index contributed by atoms with van der Waals surface area (Å²) in [5.41, 5.74) is 1.99. The average Bonchev–Trinajstić information content (AvgIpc) is 2.79. The SMILES string of the molecule is O=Cc1ccccc1C(=O)CCCCCCCCCCC(=O)c1ccccc1C=O. The van der Waals surface area contributed by atoms with Gasteiger partial charge in [0.15, 0.2) is 24.1 Å². The summed E-state index contributed by atoms with van der Waals surface area (Å²) in [5, 5.41) is 0. The molecule has 0 fully saturated rings. The van der Waals surface area contributed by atoms with Crippen LogP contribution >= 0.6 is 0 Å². The fourth-order valence-corrected chi connectivity index (χ4v) is 3.61. The van der Waals surface area contributed by atoms with Gasteiger partial charge in [-0.3, -0.25) is 19.2 Å². The van der Waals surface area contributed by atoms with Crippen molar-refractivity contribution in [1.82, 2.24) is 0 Å². The van der Waals surface area contributed by atoms with Crippen molar-refractivity contribution in [3.8, 4) is 0 Å². The Hall–Kier alpha value is -2.88. The van der Waals surface area contributed by atoms with Gasteiger partial charge in [0, 0.05) is 35.1 Å². The molecule has 2 aromatic carbocycles. The first kappa shape index (κ1) is 23.4. The van der Waals surface area contributed by atoms with E-state index in [9.17, 15) is 19.2 Å². The van der Waals surface area contributed by atoms with Crippen LogP contribution in [0.15, 0.2) is 48.5 Å². The van der Waals surface area contributed by atoms with Crippen LogP contribution < -0.4 is 0 Å². The molecule has 30 heavy (non-hydrogen) atoms. The zero-order valence-electron chi connectivity index (χ0n) is 17.5. The number of unbranched alkanes of at least 4 members (excludes halogenated alkanes) is 7. The summed E-state index contributed by atoms with van der Waals surface area (Å²) in [5.74, 6) is 0.0806. The van der Waals surface area contributed by atoms with Crippen LogP contribution in [-0.4, -0.2) is 24.1 Å². The maximum absolute atomic E-state index is 12.2. The third-order valence-electron chi connectivity index (χ3n) is 5.33. The molecule has 0 heterocycles. The van der Waals surface area contributed by atoms with Crippen molar-refractivity contribution in [2.45, 2.75) is 64.2 Å². The molecule has 0 N–H and O–H groups in total. The first-order valence-corrected chi connectivity index (χ1v) is 10.8. The van der Waals surface area contributed by atoms with E-state index in [0.717, 1.165) is 63.9 Å². The highest BCUT2D eigenvalue weighted by molar-refractivity contribution is 6.03. The van der Waals surface area contributed by atoms with Gasteiger partial charge in [-0.25, -0.2) is 0 Å². The Morgan fingerprint density at radius 1 is 0.533 bits per heavy atom. The monoisotopic (exact) mass is 406 g/mol. The van der Waals surface area contributed by atoms with Gasteiger partial charge in [0.05, 0.1) is 0 Å². The van der Waals surface area contributed by atoms with Crippen molar-refractivity contribution in [3.05, 3.63) is 70.8 Å². The predicted molar refractivity (Wildman–Crippen MR) is 118 cm³/mol. The molecule has 0 unspecified atom stereocenters. The number of Topliss-reactive ketones (excluding diaryl/α,β-unsaturated/α-hetero) is 2. The lowest BCUT2D eigenvalue weighted by Gasteiger charge is -2.05. The van der Waals surface area contributed by atoms with E-state index in [4.69, 9.17) is 0 Å². The molecule has 2 aromatic rings. The van der Waals surface area contributed by atoms with E-state index >= 15 is 0 Å². The molecule has 158 valence electrons. The fourth-order valence-electron chi connectivity index (χ4n) is 3.61. The highest BCUT2D eigenvalue weighted by Gasteiger charge is 2.11. The quantitative estimate of drug-likeness (QED) is 0.198. The maximum atomic E-state index is 12.2. The Morgan fingerprint density at radius 2 is 0.867 bits per heavy atom. The molecule has 4 heteroatoms. The number of carbonyl (C=O) groups excluding carboxylic acids is 4. The molecule has 0 aliphatic rings. The zero-order chi connectivity index (χ0) is 21.6. The molecular weight excluding hydrogens is 376 g/mol. The lowest BCUT2D eigenvalue weighted by Crippen LogP contribution is -2.03. The number of carbonyl (C=O) groups is 4. The smallest absolute Gasteiger partial charge is 0.163 e. The number of aldehydes is 2. The van der Waals surface area contributed by atoms with E-state index in [1.807, 2.05) is 0 Å². The van der Waals surface area contributed by atoms with E-state index in [2.05, 4.69) is 0 Å². The minimum absolute atomic E-state index is 0.0403. The third-order valence-corrected chi connectivity index (χ3v) is 5.33. The van der Waals surface area contributed by atoms with Crippen LogP contribution in [0.3, 0.4) is 0 Å². The second kappa shape index (κ2) is 13.4. The first-order chi connectivity index (χ1) is 14.7. The van der Waals surface area contributed by atoms with Crippen LogP contribution in [0, 0.1) is 0 Å². The predicted octanol–water partition coefficient (Wildman–Crippen LogP) is 6.28. The van der Waals surface area contributed by atoms with Crippen molar-refractivity contribution in [1.29, 1.82) is 0 Å². The Morgan fingerprint density at radius 3 is 1.23 bits per heavy atom. The van der Waals surface area contributed by atoms with Gasteiger partial charge < -0.3 is 0 Å². The van der Waals surface area contributed by atoms with Crippen molar-refractivity contribution in [2.24, 2.45) is 0 Å². The van der Waals surface area contributed by atoms with Crippen LogP contribution in [0.1, 0.15) is 106 Å². The minimum atomic E-state index is 0.0403. The second-order valence-corrected chi connectivity index (χ2v) is 7.58. The van der Waals surface area contributed by atoms with Gasteiger partial charge in [-0.15, -0.1) is 0 Å². The summed E-state index contributed by atoms with van der Waals surface area (Å²) < 4.78 is 0. The summed E-state index contributed by atoms with van der Waals surface area (Å²) in [6.45, 7) is 0. The van der Waals surface area contributed by atoms with E-state index in [1.54, 1.807) is 48.5 Å². The summed E-state index contributed by atoms with van der Waals surface area (Å²) in [7, 11) is 0. The Kier molecular flexibility index (Phi) is 10.4. The molecule has 0 aliphatic carbocycles. The van der Waals surface area contributed by atoms with Crippen LogP contribution in [0.2, 0.25) is 0 Å². The van der Waals surface area contributed by atoms with E-state index in [1.165, 1.54) is 0 Å². The molecule has 0 amide bonds. The van der Waals surface area contributed by atoms with Gasteiger partial charge in [0.25, 0.3) is 0 Å². The second-order valence-electron chi connectivity index (χ2n) is 7.58. The molecular formula is C26H30O4. The summed E-state index contributed by atoms with van der Waals surface area (Å²) in [6, 6.07) is 13.9. The molecule has 2 rings (SSSR count). The Labute approximate surface area is 178 Å². The molecule has 0 aromatic heterocycles. The Bertz CT molecular complexity index is 782. The van der Waals surface area contributed by atoms with Crippen LogP contribution in [0.5, 0.6) is 0 Å². The highest BCUT2D eigenvalue weighted by atomic mass is 16.1. The number of rotatable bonds is 15. The molecule has 0 saturated carbocycles. The fraction of sp³-hybridized carbons (Fsp3) is 0.385. The first-order valence-electron chi connectivity index (χ1n) is 10.8. The normalized spacial score (nSPS) is 10.5. The standard InChI is InChI=1S/C26H30O4/c27-19-21-13-9-11-15-23(21)25(29)17-7-5-3-1-2-4-6-8-18-26(30)24-16-12-10-14-22(24)20-28/h9-16,19-20H,1-8,17-18H2. The molecule has 0 radical (unpaired) electrons. The summed E-state index contributed by atoms with van der Waals surface area (Å²) in [4.78, 5) is 46.5. The van der Waals surface area contributed by atoms with E-state index in [-0.39, 0.29) is 11.6 Å². The van der Waals surface area contributed by atoms with Crippen molar-refractivity contribution >= 4 is 24.1 Å². The molecule has 0 atom stereocenters. The maximum Gasteiger partial charge on any atom is 0.163 e. The molecule has 0 bridgehead atoms. The zero-order valence-corrected chi connectivity index (χ0v) is 17.5. The largest absolute Gasteiger partial charge is 0.298 e. The number of hydrogen-bond acceptors (Lipinski definition) is 4. The molecule has 0 spiro atoms. The van der Waals surface area contributed by atoms with Gasteiger partial charge >= 0.3 is 0 Å². The van der Waals surface area contributed by atoms with Crippen LogP contribution in [-0.2, 0) is 0 Å². The van der Waals surface area contributed by atoms with Crippen molar-refractivity contribution in [3.63, 3.8) is 0 Å². The van der Waals surface area contributed by atoms with Gasteiger partial charge in [0.1, 0.15) is 0 Å². The summed E-state index contributed by atoms with van der Waals surface area (Å²) >= 11 is 0. The van der Waals surface area contributed by atoms with Gasteiger partial charge in [-0.2, -0.15) is 0 Å². The van der Waals surface area contributed by atoms with Gasteiger partial charge in [0.2, 0.25) is 0 Å². The topological polar surface area (TPSA) is 68.3 Å². The average molecular weight is 407 g/mol. The number of hydrogen-bond donors (Lipinski definition) is 0. The van der Waals surface area contributed by atoms with Crippen molar-refractivity contribution < 1.29 is 19.2 Å². The third kappa shape index (κ3) is 7.51. The number of benzene rings is 2. The lowest BCUT2D eigenvalue weighted by atomic mass is 9.98. The lowest BCUT2D eigenvalue weighted by molar-refractivity contribution is 0.0967. The Balaban J connectivity index is 1.51. The highest BCUT2D eigenvalue weighted by Crippen LogP contribution is 2.16. The minimum Gasteiger partial charge on any atom is -0.298 e. The number of ketones is 2. The summed E-state index contributed by atoms with van der Waals surface area (Å²) in [6.07, 6.45) is 10.6. The van der Waals surface area contributed by atoms with Gasteiger partial charge in [-0.05, 0) is 12.8 Å². The van der Waals surface area contributed by atoms with Gasteiger partial charge in [-0.1, -0.05) is 87.1 Å². The molecule has 0 saturated heterocycles. The van der Waals surface area contributed by atoms with Crippen LogP contribution in [0.4, 0.5) is 0 Å². The van der Waals surface area contributed by atoms with Crippen molar-refractivity contribution in [2.75, 3.05) is 0 Å². The van der Waals surface area contributed by atoms with E-state index in [0.29, 0.717) is 35.1 Å². The van der Waals surface area contributed by atoms with Crippen LogP contribution in [0.25, 0.3) is 0 Å². The molecule has 4 nitrogen and oxygen atoms in total. The molecule has 0 aliphatic heterocycles.